The molecule has 0 aliphatic rings. The highest BCUT2D eigenvalue weighted by molar-refractivity contribution is 6.33. The molecule has 0 amide bonds. The van der Waals surface area contributed by atoms with Crippen molar-refractivity contribution in [2.45, 2.75) is 0 Å². The van der Waals surface area contributed by atoms with Crippen LogP contribution in [0.1, 0.15) is 0 Å². The minimum Gasteiger partial charge on any atom is -0.493 e. The van der Waals surface area contributed by atoms with Crippen molar-refractivity contribution in [1.82, 2.24) is 9.97 Å². The molecule has 0 saturated heterocycles. The van der Waals surface area contributed by atoms with E-state index in [4.69, 9.17) is 26.8 Å². The predicted molar refractivity (Wildman–Crippen MR) is 84.1 cm³/mol. The Kier molecular flexibility index (Phi) is 3.35. The largest absolute Gasteiger partial charge is 0.493 e. The van der Waals surface area contributed by atoms with Gasteiger partial charge in [-0.2, -0.15) is 0 Å². The lowest BCUT2D eigenvalue weighted by Gasteiger charge is -2.06. The smallest absolute Gasteiger partial charge is 0.163 e. The number of rotatable bonds is 3. The van der Waals surface area contributed by atoms with Crippen molar-refractivity contribution in [2.24, 2.45) is 0 Å². The molecule has 0 atom stereocenters. The average Bonchev–Trinajstić information content (AvgIpc) is 2.90. The summed E-state index contributed by atoms with van der Waals surface area (Å²) in [6, 6.07) is 8.94. The number of anilines is 1. The zero-order chi connectivity index (χ0) is 15.0. The number of imidazole rings is 1. The van der Waals surface area contributed by atoms with Gasteiger partial charge in [0.15, 0.2) is 11.5 Å². The van der Waals surface area contributed by atoms with Crippen LogP contribution >= 0.6 is 11.6 Å². The molecule has 3 N–H and O–H groups in total. The molecule has 0 bridgehead atoms. The molecule has 3 aromatic rings. The zero-order valence-electron chi connectivity index (χ0n) is 11.6. The first-order valence-corrected chi connectivity index (χ1v) is 6.67. The van der Waals surface area contributed by atoms with Crippen LogP contribution < -0.4 is 15.2 Å². The van der Waals surface area contributed by atoms with E-state index in [0.717, 1.165) is 16.6 Å². The van der Waals surface area contributed by atoms with Gasteiger partial charge >= 0.3 is 0 Å². The van der Waals surface area contributed by atoms with E-state index in [1.54, 1.807) is 32.4 Å². The van der Waals surface area contributed by atoms with Gasteiger partial charge in [0.25, 0.3) is 0 Å². The molecule has 0 spiro atoms. The van der Waals surface area contributed by atoms with Crippen LogP contribution in [0, 0.1) is 0 Å². The molecule has 0 saturated carbocycles. The number of nitrogen functional groups attached to an aromatic ring is 1. The summed E-state index contributed by atoms with van der Waals surface area (Å²) in [4.78, 5) is 7.76. The first-order chi connectivity index (χ1) is 10.1. The number of benzene rings is 2. The third-order valence-electron chi connectivity index (χ3n) is 3.23. The second-order valence-electron chi connectivity index (χ2n) is 4.55. The number of nitrogens with zero attached hydrogens (tertiary/aromatic N) is 1. The van der Waals surface area contributed by atoms with E-state index in [1.807, 2.05) is 12.1 Å². The fourth-order valence-electron chi connectivity index (χ4n) is 2.19. The van der Waals surface area contributed by atoms with Gasteiger partial charge in [0.05, 0.1) is 30.3 Å². The lowest BCUT2D eigenvalue weighted by atomic mass is 10.2. The summed E-state index contributed by atoms with van der Waals surface area (Å²) in [6.07, 6.45) is 0. The van der Waals surface area contributed by atoms with Gasteiger partial charge in [-0.25, -0.2) is 4.98 Å². The lowest BCUT2D eigenvalue weighted by Crippen LogP contribution is -1.89. The van der Waals surface area contributed by atoms with E-state index in [-0.39, 0.29) is 0 Å². The maximum atomic E-state index is 6.21. The maximum Gasteiger partial charge on any atom is 0.163 e. The number of halogens is 1. The Morgan fingerprint density at radius 2 is 1.81 bits per heavy atom. The quantitative estimate of drug-likeness (QED) is 0.727. The Labute approximate surface area is 126 Å². The molecule has 0 aliphatic carbocycles. The predicted octanol–water partition coefficient (Wildman–Crippen LogP) is 3.48. The second kappa shape index (κ2) is 5.18. The summed E-state index contributed by atoms with van der Waals surface area (Å²) >= 11 is 6.21. The van der Waals surface area contributed by atoms with Gasteiger partial charge in [-0.05, 0) is 18.2 Å². The molecule has 0 radical (unpaired) electrons. The Balaban J connectivity index is 2.19. The normalized spacial score (nSPS) is 10.8. The number of hydrogen-bond acceptors (Lipinski definition) is 4. The fraction of sp³-hybridized carbons (Fsp3) is 0.133. The number of methoxy groups -OCH3 is 2. The zero-order valence-corrected chi connectivity index (χ0v) is 12.4. The lowest BCUT2D eigenvalue weighted by molar-refractivity contribution is 0.356. The average molecular weight is 304 g/mol. The van der Waals surface area contributed by atoms with E-state index in [9.17, 15) is 0 Å². The van der Waals surface area contributed by atoms with Crippen LogP contribution in [0.3, 0.4) is 0 Å². The highest BCUT2D eigenvalue weighted by Gasteiger charge is 2.13. The van der Waals surface area contributed by atoms with E-state index >= 15 is 0 Å². The number of hydrogen-bond donors (Lipinski definition) is 2. The number of aromatic amines is 1. The highest BCUT2D eigenvalue weighted by atomic mass is 35.5. The first-order valence-electron chi connectivity index (χ1n) is 6.29. The van der Waals surface area contributed by atoms with Gasteiger partial charge in [-0.1, -0.05) is 11.6 Å². The topological polar surface area (TPSA) is 73.2 Å². The molecule has 6 heteroatoms. The van der Waals surface area contributed by atoms with E-state index in [0.29, 0.717) is 28.0 Å². The Hall–Kier alpha value is -2.40. The highest BCUT2D eigenvalue weighted by Crippen LogP contribution is 2.34. The van der Waals surface area contributed by atoms with Crippen LogP contribution in [0.25, 0.3) is 22.4 Å². The molecule has 1 aromatic heterocycles. The minimum absolute atomic E-state index is 0.585. The van der Waals surface area contributed by atoms with Crippen molar-refractivity contribution in [3.63, 3.8) is 0 Å². The third-order valence-corrected chi connectivity index (χ3v) is 3.56. The van der Waals surface area contributed by atoms with Crippen molar-refractivity contribution in [3.8, 4) is 22.9 Å². The summed E-state index contributed by atoms with van der Waals surface area (Å²) in [5.41, 5.74) is 8.79. The molecule has 0 unspecified atom stereocenters. The van der Waals surface area contributed by atoms with E-state index < -0.39 is 0 Å². The van der Waals surface area contributed by atoms with Crippen LogP contribution in [-0.4, -0.2) is 24.2 Å². The molecule has 5 nitrogen and oxygen atoms in total. The number of H-pyrrole nitrogens is 1. The van der Waals surface area contributed by atoms with Crippen LogP contribution in [-0.2, 0) is 0 Å². The molecular formula is C15H14ClN3O2. The summed E-state index contributed by atoms with van der Waals surface area (Å²) in [6.45, 7) is 0. The van der Waals surface area contributed by atoms with Gasteiger partial charge in [0, 0.05) is 23.4 Å². The summed E-state index contributed by atoms with van der Waals surface area (Å²) in [7, 11) is 3.18. The van der Waals surface area contributed by atoms with Crippen molar-refractivity contribution >= 4 is 28.3 Å². The van der Waals surface area contributed by atoms with E-state index in [1.165, 1.54) is 0 Å². The van der Waals surface area contributed by atoms with Gasteiger partial charge in [-0.3, -0.25) is 0 Å². The second-order valence-corrected chi connectivity index (χ2v) is 4.96. The van der Waals surface area contributed by atoms with Crippen LogP contribution in [0.4, 0.5) is 5.69 Å². The third kappa shape index (κ3) is 2.36. The number of nitrogens with two attached hydrogens (primary N) is 1. The number of aromatic nitrogens is 2. The molecular weight excluding hydrogens is 290 g/mol. The maximum absolute atomic E-state index is 6.21. The van der Waals surface area contributed by atoms with Crippen molar-refractivity contribution < 1.29 is 9.47 Å². The Morgan fingerprint density at radius 1 is 1.10 bits per heavy atom. The minimum atomic E-state index is 0.585. The Morgan fingerprint density at radius 3 is 2.52 bits per heavy atom. The van der Waals surface area contributed by atoms with E-state index in [2.05, 4.69) is 9.97 Å². The van der Waals surface area contributed by atoms with Crippen LogP contribution in [0.2, 0.25) is 5.02 Å². The SMILES string of the molecule is COc1cc2nc(-c3cc(N)ccc3Cl)[nH]c2cc1OC. The van der Waals surface area contributed by atoms with Gasteiger partial charge in [0.1, 0.15) is 5.82 Å². The molecule has 108 valence electrons. The van der Waals surface area contributed by atoms with Crippen molar-refractivity contribution in [1.29, 1.82) is 0 Å². The van der Waals surface area contributed by atoms with Gasteiger partial charge in [-0.15, -0.1) is 0 Å². The summed E-state index contributed by atoms with van der Waals surface area (Å²) in [5.74, 6) is 1.92. The fourth-order valence-corrected chi connectivity index (χ4v) is 2.40. The number of nitrogens with one attached hydrogen (secondary N) is 1. The molecule has 1 heterocycles. The van der Waals surface area contributed by atoms with Gasteiger partial charge in [0.2, 0.25) is 0 Å². The molecule has 21 heavy (non-hydrogen) atoms. The van der Waals surface area contributed by atoms with Crippen molar-refractivity contribution in [2.75, 3.05) is 20.0 Å². The number of ether oxygens (including phenoxy) is 2. The summed E-state index contributed by atoms with van der Waals surface area (Å²) in [5, 5.41) is 0.585. The molecule has 3 rings (SSSR count). The van der Waals surface area contributed by atoms with Crippen molar-refractivity contribution in [3.05, 3.63) is 35.4 Å². The van der Waals surface area contributed by atoms with Gasteiger partial charge < -0.3 is 20.2 Å². The summed E-state index contributed by atoms with van der Waals surface area (Å²) < 4.78 is 10.6. The molecule has 0 fully saturated rings. The number of fused-ring (bicyclic) bond motifs is 1. The first kappa shape index (κ1) is 13.6. The Bertz CT molecular complexity index is 773. The van der Waals surface area contributed by atoms with Crippen LogP contribution in [0.5, 0.6) is 11.5 Å². The molecule has 2 aromatic carbocycles. The van der Waals surface area contributed by atoms with Crippen LogP contribution in [0.15, 0.2) is 30.3 Å². The monoisotopic (exact) mass is 303 g/mol. The molecule has 0 aliphatic heterocycles. The standard InChI is InChI=1S/C15H14ClN3O2/c1-20-13-6-11-12(7-14(13)21-2)19-15(18-11)9-5-8(17)3-4-10(9)16/h3-7H,17H2,1-2H3,(H,18,19).